The van der Waals surface area contributed by atoms with Crippen molar-refractivity contribution in [3.8, 4) is 5.75 Å². The van der Waals surface area contributed by atoms with Crippen molar-refractivity contribution in [1.82, 2.24) is 0 Å². The fourth-order valence-corrected chi connectivity index (χ4v) is 1.46. The van der Waals surface area contributed by atoms with Gasteiger partial charge in [0.25, 0.3) is 0 Å². The van der Waals surface area contributed by atoms with Crippen LogP contribution in [-0.2, 0) is 0 Å². The molecule has 0 aliphatic heterocycles. The van der Waals surface area contributed by atoms with Gasteiger partial charge in [0.2, 0.25) is 0 Å². The summed E-state index contributed by atoms with van der Waals surface area (Å²) in [6.07, 6.45) is 0.368. The first kappa shape index (κ1) is 11.0. The smallest absolute Gasteiger partial charge is 0.119 e. The quantitative estimate of drug-likeness (QED) is 0.804. The second kappa shape index (κ2) is 4.96. The number of halogens is 1. The number of alkyl halides is 1. The van der Waals surface area contributed by atoms with Gasteiger partial charge >= 0.3 is 0 Å². The molecule has 0 aliphatic rings. The molecule has 0 unspecified atom stereocenters. The van der Waals surface area contributed by atoms with Crippen LogP contribution in [0, 0.1) is 6.92 Å². The number of methoxy groups -OCH3 is 1. The lowest BCUT2D eigenvalue weighted by molar-refractivity contribution is 0.413. The van der Waals surface area contributed by atoms with Crippen LogP contribution in [-0.4, -0.2) is 13.8 Å². The van der Waals surface area contributed by atoms with Gasteiger partial charge in [-0.1, -0.05) is 6.07 Å². The predicted octanol–water partition coefficient (Wildman–Crippen LogP) is 2.36. The highest BCUT2D eigenvalue weighted by atomic mass is 19.1. The molecule has 1 atom stereocenters. The van der Waals surface area contributed by atoms with Crippen LogP contribution in [0.4, 0.5) is 4.39 Å². The predicted molar refractivity (Wildman–Crippen MR) is 55.3 cm³/mol. The molecule has 0 heterocycles. The maximum atomic E-state index is 12.1. The lowest BCUT2D eigenvalue weighted by Crippen LogP contribution is -2.12. The number of nitrogens with two attached hydrogens (primary N) is 1. The molecule has 0 amide bonds. The van der Waals surface area contributed by atoms with Crippen molar-refractivity contribution in [2.45, 2.75) is 19.4 Å². The molecule has 2 N–H and O–H groups in total. The largest absolute Gasteiger partial charge is 0.497 e. The summed E-state index contributed by atoms with van der Waals surface area (Å²) >= 11 is 0. The van der Waals surface area contributed by atoms with Crippen LogP contribution in [0.3, 0.4) is 0 Å². The third-order valence-electron chi connectivity index (χ3n) is 2.30. The van der Waals surface area contributed by atoms with E-state index in [1.165, 1.54) is 0 Å². The Morgan fingerprint density at radius 3 is 2.71 bits per heavy atom. The molecule has 1 rings (SSSR count). The van der Waals surface area contributed by atoms with Crippen molar-refractivity contribution in [3.63, 3.8) is 0 Å². The summed E-state index contributed by atoms with van der Waals surface area (Å²) in [4.78, 5) is 0. The van der Waals surface area contributed by atoms with E-state index in [-0.39, 0.29) is 12.7 Å². The van der Waals surface area contributed by atoms with Gasteiger partial charge in [-0.2, -0.15) is 0 Å². The minimum atomic E-state index is -0.382. The van der Waals surface area contributed by atoms with Crippen molar-refractivity contribution in [2.75, 3.05) is 13.8 Å². The van der Waals surface area contributed by atoms with Crippen LogP contribution in [0.25, 0.3) is 0 Å². The highest BCUT2D eigenvalue weighted by molar-refractivity contribution is 5.36. The third-order valence-corrected chi connectivity index (χ3v) is 2.30. The maximum Gasteiger partial charge on any atom is 0.119 e. The lowest BCUT2D eigenvalue weighted by atomic mass is 10.00. The third kappa shape index (κ3) is 2.45. The monoisotopic (exact) mass is 197 g/mol. The zero-order valence-electron chi connectivity index (χ0n) is 8.59. The zero-order valence-corrected chi connectivity index (χ0v) is 8.59. The van der Waals surface area contributed by atoms with E-state index in [1.54, 1.807) is 7.11 Å². The molecule has 1 aromatic carbocycles. The fourth-order valence-electron chi connectivity index (χ4n) is 1.46. The van der Waals surface area contributed by atoms with Crippen molar-refractivity contribution in [3.05, 3.63) is 29.3 Å². The van der Waals surface area contributed by atoms with Gasteiger partial charge in [-0.15, -0.1) is 0 Å². The molecule has 0 aliphatic carbocycles. The van der Waals surface area contributed by atoms with Gasteiger partial charge in [0.05, 0.1) is 13.8 Å². The Kier molecular flexibility index (Phi) is 3.89. The first-order valence-electron chi connectivity index (χ1n) is 4.65. The number of aryl methyl sites for hydroxylation is 1. The molecular formula is C11H16FNO. The molecule has 0 spiro atoms. The van der Waals surface area contributed by atoms with Crippen LogP contribution in [0.1, 0.15) is 23.6 Å². The fraction of sp³-hybridized carbons (Fsp3) is 0.455. The molecule has 14 heavy (non-hydrogen) atoms. The van der Waals surface area contributed by atoms with Gasteiger partial charge < -0.3 is 10.5 Å². The van der Waals surface area contributed by atoms with E-state index in [2.05, 4.69) is 0 Å². The average Bonchev–Trinajstić information content (AvgIpc) is 2.17. The van der Waals surface area contributed by atoms with Gasteiger partial charge in [-0.25, -0.2) is 0 Å². The minimum absolute atomic E-state index is 0.217. The highest BCUT2D eigenvalue weighted by Gasteiger charge is 2.08. The topological polar surface area (TPSA) is 35.2 Å². The van der Waals surface area contributed by atoms with Crippen LogP contribution in [0.15, 0.2) is 18.2 Å². The van der Waals surface area contributed by atoms with Gasteiger partial charge in [0.1, 0.15) is 5.75 Å². The van der Waals surface area contributed by atoms with Gasteiger partial charge in [-0.05, 0) is 36.6 Å². The molecule has 0 fully saturated rings. The molecule has 0 saturated carbocycles. The Morgan fingerprint density at radius 2 is 2.21 bits per heavy atom. The Bertz CT molecular complexity index is 301. The number of benzene rings is 1. The summed E-state index contributed by atoms with van der Waals surface area (Å²) in [5, 5.41) is 0. The highest BCUT2D eigenvalue weighted by Crippen LogP contribution is 2.22. The number of hydrogen-bond acceptors (Lipinski definition) is 2. The summed E-state index contributed by atoms with van der Waals surface area (Å²) < 4.78 is 17.2. The molecule has 2 nitrogen and oxygen atoms in total. The Hall–Kier alpha value is -1.09. The standard InChI is InChI=1S/C11H16FNO/c1-8-7-9(14-2)3-4-10(8)11(13)5-6-12/h3-4,7,11H,5-6,13H2,1-2H3/t11-/m0/s1. The number of ether oxygens (including phenoxy) is 1. The summed E-state index contributed by atoms with van der Waals surface area (Å²) in [6, 6.07) is 5.44. The summed E-state index contributed by atoms with van der Waals surface area (Å²) in [7, 11) is 1.62. The second-order valence-electron chi connectivity index (χ2n) is 3.31. The van der Waals surface area contributed by atoms with E-state index in [1.807, 2.05) is 25.1 Å². The van der Waals surface area contributed by atoms with E-state index in [4.69, 9.17) is 10.5 Å². The van der Waals surface area contributed by atoms with Gasteiger partial charge in [0, 0.05) is 6.04 Å². The van der Waals surface area contributed by atoms with Crippen LogP contribution in [0.2, 0.25) is 0 Å². The van der Waals surface area contributed by atoms with Crippen molar-refractivity contribution < 1.29 is 9.13 Å². The Balaban J connectivity index is 2.88. The summed E-state index contributed by atoms with van der Waals surface area (Å²) in [6.45, 7) is 1.57. The normalized spacial score (nSPS) is 12.6. The molecule has 0 saturated heterocycles. The van der Waals surface area contributed by atoms with Crippen LogP contribution >= 0.6 is 0 Å². The molecule has 0 aromatic heterocycles. The minimum Gasteiger partial charge on any atom is -0.497 e. The van der Waals surface area contributed by atoms with Gasteiger partial charge in [0.15, 0.2) is 0 Å². The van der Waals surface area contributed by atoms with Crippen molar-refractivity contribution in [1.29, 1.82) is 0 Å². The first-order chi connectivity index (χ1) is 6.69. The van der Waals surface area contributed by atoms with Gasteiger partial charge in [-0.3, -0.25) is 4.39 Å². The SMILES string of the molecule is COc1ccc([C@@H](N)CCF)c(C)c1. The van der Waals surface area contributed by atoms with Crippen LogP contribution in [0.5, 0.6) is 5.75 Å². The Labute approximate surface area is 83.9 Å². The van der Waals surface area contributed by atoms with E-state index >= 15 is 0 Å². The number of rotatable bonds is 4. The Morgan fingerprint density at radius 1 is 1.50 bits per heavy atom. The molecule has 1 aromatic rings. The second-order valence-corrected chi connectivity index (χ2v) is 3.31. The van der Waals surface area contributed by atoms with E-state index in [9.17, 15) is 4.39 Å². The first-order valence-corrected chi connectivity index (χ1v) is 4.65. The molecular weight excluding hydrogens is 181 g/mol. The van der Waals surface area contributed by atoms with E-state index in [0.717, 1.165) is 16.9 Å². The van der Waals surface area contributed by atoms with E-state index in [0.29, 0.717) is 6.42 Å². The van der Waals surface area contributed by atoms with Crippen molar-refractivity contribution in [2.24, 2.45) is 5.73 Å². The molecule has 0 radical (unpaired) electrons. The summed E-state index contributed by atoms with van der Waals surface area (Å²) in [5.41, 5.74) is 7.85. The van der Waals surface area contributed by atoms with Crippen LogP contribution < -0.4 is 10.5 Å². The average molecular weight is 197 g/mol. The summed E-state index contributed by atoms with van der Waals surface area (Å²) in [5.74, 6) is 0.804. The number of hydrogen-bond donors (Lipinski definition) is 1. The molecule has 0 bridgehead atoms. The lowest BCUT2D eigenvalue weighted by Gasteiger charge is -2.13. The maximum absolute atomic E-state index is 12.1. The zero-order chi connectivity index (χ0) is 10.6. The van der Waals surface area contributed by atoms with Crippen molar-refractivity contribution >= 4 is 0 Å². The molecule has 78 valence electrons. The molecule has 3 heteroatoms. The van der Waals surface area contributed by atoms with E-state index < -0.39 is 0 Å².